The molecule has 9 heteroatoms. The summed E-state index contributed by atoms with van der Waals surface area (Å²) in [6.07, 6.45) is 1.32. The Morgan fingerprint density at radius 1 is 1.40 bits per heavy atom. The summed E-state index contributed by atoms with van der Waals surface area (Å²) in [6, 6.07) is 4.75. The van der Waals surface area contributed by atoms with Crippen LogP contribution in [0.2, 0.25) is 10.0 Å². The lowest BCUT2D eigenvalue weighted by molar-refractivity contribution is -0.126. The van der Waals surface area contributed by atoms with E-state index in [0.717, 1.165) is 0 Å². The molecule has 0 bridgehead atoms. The topological polar surface area (TPSA) is 75.7 Å². The smallest absolute Gasteiger partial charge is 0.224 e. The highest BCUT2D eigenvalue weighted by Gasteiger charge is 2.32. The summed E-state index contributed by atoms with van der Waals surface area (Å²) >= 11 is 11.9. The van der Waals surface area contributed by atoms with E-state index in [0.29, 0.717) is 48.1 Å². The molecule has 6 nitrogen and oxygen atoms in total. The fourth-order valence-corrected chi connectivity index (χ4v) is 4.95. The minimum atomic E-state index is -3.56. The van der Waals surface area contributed by atoms with E-state index in [-0.39, 0.29) is 24.1 Å². The lowest BCUT2D eigenvalue weighted by Gasteiger charge is -2.31. The Morgan fingerprint density at radius 3 is 2.84 bits per heavy atom. The number of hydrogen-bond acceptors (Lipinski definition) is 4. The van der Waals surface area contributed by atoms with Gasteiger partial charge in [-0.15, -0.1) is 0 Å². The minimum Gasteiger partial charge on any atom is -0.383 e. The summed E-state index contributed by atoms with van der Waals surface area (Å²) in [5.74, 6) is -0.691. The minimum absolute atomic E-state index is 0.138. The Kier molecular flexibility index (Phi) is 7.51. The molecule has 1 aliphatic rings. The number of nitrogens with zero attached hydrogens (tertiary/aromatic N) is 1. The van der Waals surface area contributed by atoms with Gasteiger partial charge in [0.15, 0.2) is 0 Å². The van der Waals surface area contributed by atoms with Crippen LogP contribution in [0.1, 0.15) is 18.4 Å². The Balaban J connectivity index is 2.02. The number of carbonyl (C=O) groups excluding carboxylic acids is 1. The van der Waals surface area contributed by atoms with Gasteiger partial charge in [0.2, 0.25) is 15.9 Å². The van der Waals surface area contributed by atoms with Gasteiger partial charge in [-0.2, -0.15) is 0 Å². The second-order valence-corrected chi connectivity index (χ2v) is 8.79. The van der Waals surface area contributed by atoms with Crippen molar-refractivity contribution in [3.8, 4) is 0 Å². The summed E-state index contributed by atoms with van der Waals surface area (Å²) < 4.78 is 31.7. The Labute approximate surface area is 158 Å². The highest BCUT2D eigenvalue weighted by Crippen LogP contribution is 2.26. The monoisotopic (exact) mass is 408 g/mol. The maximum atomic E-state index is 12.7. The van der Waals surface area contributed by atoms with Crippen LogP contribution < -0.4 is 5.32 Å². The third kappa shape index (κ3) is 5.82. The number of rotatable bonds is 7. The van der Waals surface area contributed by atoms with Gasteiger partial charge in [-0.1, -0.05) is 29.3 Å². The van der Waals surface area contributed by atoms with Gasteiger partial charge < -0.3 is 10.1 Å². The number of hydrogen-bond donors (Lipinski definition) is 1. The molecular formula is C16H22Cl2N2O4S. The van der Waals surface area contributed by atoms with Crippen LogP contribution in [0.25, 0.3) is 0 Å². The van der Waals surface area contributed by atoms with Crippen molar-refractivity contribution in [2.45, 2.75) is 18.6 Å². The van der Waals surface area contributed by atoms with Crippen molar-refractivity contribution in [1.29, 1.82) is 0 Å². The van der Waals surface area contributed by atoms with Crippen LogP contribution in [0.4, 0.5) is 0 Å². The Morgan fingerprint density at radius 2 is 2.16 bits per heavy atom. The first kappa shape index (κ1) is 20.5. The van der Waals surface area contributed by atoms with E-state index < -0.39 is 10.0 Å². The van der Waals surface area contributed by atoms with Gasteiger partial charge in [0, 0.05) is 36.8 Å². The molecule has 1 N–H and O–H groups in total. The molecule has 0 radical (unpaired) electrons. The summed E-state index contributed by atoms with van der Waals surface area (Å²) in [4.78, 5) is 12.2. The number of ether oxygens (including phenoxy) is 1. The van der Waals surface area contributed by atoms with Gasteiger partial charge in [0.05, 0.1) is 18.3 Å². The number of sulfonamides is 1. The first-order valence-corrected chi connectivity index (χ1v) is 10.4. The van der Waals surface area contributed by atoms with Crippen molar-refractivity contribution in [3.63, 3.8) is 0 Å². The fourth-order valence-electron chi connectivity index (χ4n) is 2.76. The molecule has 25 heavy (non-hydrogen) atoms. The van der Waals surface area contributed by atoms with E-state index in [1.807, 2.05) is 0 Å². The Bertz CT molecular complexity index is 712. The first-order valence-electron chi connectivity index (χ1n) is 8.02. The highest BCUT2D eigenvalue weighted by molar-refractivity contribution is 7.88. The molecule has 1 fully saturated rings. The molecule has 1 saturated heterocycles. The molecule has 1 atom stereocenters. The lowest BCUT2D eigenvalue weighted by Crippen LogP contribution is -2.46. The predicted molar refractivity (Wildman–Crippen MR) is 98.3 cm³/mol. The largest absolute Gasteiger partial charge is 0.383 e. The first-order chi connectivity index (χ1) is 11.8. The van der Waals surface area contributed by atoms with Crippen LogP contribution in [0.3, 0.4) is 0 Å². The number of amides is 1. The van der Waals surface area contributed by atoms with Crippen LogP contribution in [0.15, 0.2) is 18.2 Å². The number of nitrogens with one attached hydrogen (secondary N) is 1. The quantitative estimate of drug-likeness (QED) is 0.702. The summed E-state index contributed by atoms with van der Waals surface area (Å²) in [5.41, 5.74) is 0.498. The number of benzene rings is 1. The maximum Gasteiger partial charge on any atom is 0.224 e. The van der Waals surface area contributed by atoms with Crippen LogP contribution in [0.5, 0.6) is 0 Å². The molecule has 2 rings (SSSR count). The molecular weight excluding hydrogens is 387 g/mol. The molecule has 0 saturated carbocycles. The molecule has 0 unspecified atom stereocenters. The lowest BCUT2D eigenvalue weighted by atomic mass is 9.99. The van der Waals surface area contributed by atoms with Crippen LogP contribution >= 0.6 is 23.2 Å². The standard InChI is InChI=1S/C16H22Cl2N2O4S/c1-24-8-6-19-16(21)12-3-2-7-20(10-12)25(22,23)11-13-4-5-14(17)9-15(13)18/h4-5,9,12H,2-3,6-8,10-11H2,1H3,(H,19,21)/t12-/m0/s1. The van der Waals surface area contributed by atoms with Crippen molar-refractivity contribution in [1.82, 2.24) is 9.62 Å². The average Bonchev–Trinajstić information content (AvgIpc) is 2.57. The second-order valence-electron chi connectivity index (χ2n) is 5.97. The van der Waals surface area contributed by atoms with Crippen molar-refractivity contribution in [2.24, 2.45) is 5.92 Å². The highest BCUT2D eigenvalue weighted by atomic mass is 35.5. The van der Waals surface area contributed by atoms with Gasteiger partial charge in [-0.25, -0.2) is 12.7 Å². The van der Waals surface area contributed by atoms with Gasteiger partial charge in [0.1, 0.15) is 0 Å². The maximum absolute atomic E-state index is 12.7. The van der Waals surface area contributed by atoms with Crippen LogP contribution in [-0.4, -0.2) is 52.0 Å². The van der Waals surface area contributed by atoms with Gasteiger partial charge in [-0.05, 0) is 30.5 Å². The van der Waals surface area contributed by atoms with Crippen molar-refractivity contribution in [2.75, 3.05) is 33.4 Å². The zero-order valence-corrected chi connectivity index (χ0v) is 16.3. The fraction of sp³-hybridized carbons (Fsp3) is 0.562. The summed E-state index contributed by atoms with van der Waals surface area (Å²) in [7, 11) is -2.00. The molecule has 0 aliphatic carbocycles. The molecule has 1 aromatic carbocycles. The molecule has 140 valence electrons. The molecule has 0 aromatic heterocycles. The number of piperidine rings is 1. The van der Waals surface area contributed by atoms with Crippen molar-refractivity contribution in [3.05, 3.63) is 33.8 Å². The number of carbonyl (C=O) groups is 1. The number of halogens is 2. The zero-order chi connectivity index (χ0) is 18.4. The average molecular weight is 409 g/mol. The van der Waals surface area contributed by atoms with E-state index in [4.69, 9.17) is 27.9 Å². The third-order valence-electron chi connectivity index (χ3n) is 4.11. The third-order valence-corrected chi connectivity index (χ3v) is 6.49. The SMILES string of the molecule is COCCNC(=O)[C@H]1CCCN(S(=O)(=O)Cc2ccc(Cl)cc2Cl)C1. The summed E-state index contributed by atoms with van der Waals surface area (Å²) in [5, 5.41) is 3.55. The molecule has 1 amide bonds. The van der Waals surface area contributed by atoms with Gasteiger partial charge in [0.25, 0.3) is 0 Å². The molecule has 1 aromatic rings. The van der Waals surface area contributed by atoms with E-state index in [2.05, 4.69) is 5.32 Å². The normalized spacial score (nSPS) is 18.9. The van der Waals surface area contributed by atoms with Crippen molar-refractivity contribution >= 4 is 39.1 Å². The van der Waals surface area contributed by atoms with Gasteiger partial charge >= 0.3 is 0 Å². The van der Waals surface area contributed by atoms with Crippen LogP contribution in [-0.2, 0) is 25.3 Å². The van der Waals surface area contributed by atoms with E-state index in [9.17, 15) is 13.2 Å². The predicted octanol–water partition coefficient (Wildman–Crippen LogP) is 2.30. The van der Waals surface area contributed by atoms with Gasteiger partial charge in [-0.3, -0.25) is 4.79 Å². The zero-order valence-electron chi connectivity index (χ0n) is 14.0. The second kappa shape index (κ2) is 9.19. The molecule has 1 aliphatic heterocycles. The van der Waals surface area contributed by atoms with E-state index in [1.54, 1.807) is 19.2 Å². The molecule has 1 heterocycles. The van der Waals surface area contributed by atoms with E-state index >= 15 is 0 Å². The number of methoxy groups -OCH3 is 1. The van der Waals surface area contributed by atoms with Crippen LogP contribution in [0, 0.1) is 5.92 Å². The van der Waals surface area contributed by atoms with E-state index in [1.165, 1.54) is 10.4 Å². The Hall–Kier alpha value is -0.860. The molecule has 0 spiro atoms. The summed E-state index contributed by atoms with van der Waals surface area (Å²) in [6.45, 7) is 1.44. The van der Waals surface area contributed by atoms with Crippen molar-refractivity contribution < 1.29 is 17.9 Å².